The molecule has 0 aromatic heterocycles. The average Bonchev–Trinajstić information content (AvgIpc) is 2.77. The Morgan fingerprint density at radius 3 is 1.42 bits per heavy atom. The number of nitrogens with one attached hydrogen (secondary N) is 1. The number of carbonyl (C=O) groups excluding carboxylic acids is 1. The number of rotatable bonds is 24. The van der Waals surface area contributed by atoms with Gasteiger partial charge in [-0.25, -0.2) is 0 Å². The van der Waals surface area contributed by atoms with Crippen molar-refractivity contribution in [2.75, 3.05) is 52.7 Å². The van der Waals surface area contributed by atoms with Crippen LogP contribution in [0, 0.1) is 5.92 Å². The first-order valence-electron chi connectivity index (χ1n) is 13.0. The van der Waals surface area contributed by atoms with Crippen LogP contribution in [0.4, 0.5) is 0 Å². The molecule has 0 aliphatic rings. The fourth-order valence-electron chi connectivity index (χ4n) is 3.88. The van der Waals surface area contributed by atoms with Crippen molar-refractivity contribution in [3.63, 3.8) is 0 Å². The first kappa shape index (κ1) is 32.8. The van der Waals surface area contributed by atoms with Crippen molar-refractivity contribution in [1.82, 2.24) is 5.32 Å². The Bertz CT molecular complexity index is 452. The van der Waals surface area contributed by atoms with E-state index in [-0.39, 0.29) is 5.92 Å². The van der Waals surface area contributed by atoms with Crippen molar-refractivity contribution in [3.05, 3.63) is 0 Å². The van der Waals surface area contributed by atoms with E-state index in [0.29, 0.717) is 64.4 Å². The van der Waals surface area contributed by atoms with E-state index < -0.39 is 17.6 Å². The highest BCUT2D eigenvalue weighted by atomic mass is 28.4. The Morgan fingerprint density at radius 1 is 0.667 bits per heavy atom. The van der Waals surface area contributed by atoms with Crippen molar-refractivity contribution >= 4 is 23.4 Å². The molecule has 33 heavy (non-hydrogen) atoms. The van der Waals surface area contributed by atoms with Crippen LogP contribution in [0.3, 0.4) is 0 Å². The van der Waals surface area contributed by atoms with Gasteiger partial charge in [0.2, 0.25) is 0 Å². The molecule has 0 amide bonds. The zero-order valence-corrected chi connectivity index (χ0v) is 24.3. The van der Waals surface area contributed by atoms with Gasteiger partial charge in [0.1, 0.15) is 5.78 Å². The minimum atomic E-state index is -2.68. The highest BCUT2D eigenvalue weighted by Gasteiger charge is 2.40. The van der Waals surface area contributed by atoms with E-state index >= 15 is 0 Å². The van der Waals surface area contributed by atoms with Crippen molar-refractivity contribution in [2.24, 2.45) is 5.92 Å². The number of hydrogen-bond donors (Lipinski definition) is 1. The predicted octanol–water partition coefficient (Wildman–Crippen LogP) is 4.44. The normalized spacial score (nSPS) is 13.4. The van der Waals surface area contributed by atoms with Gasteiger partial charge >= 0.3 is 17.6 Å². The standard InChI is InChI=1S/C23H51NO7Si2/c1-8-22(21-24-18-16-20-33(29-12-5,30-13-6)31-14-7)23(25)17-15-19-32(26-9-2,27-10-3)28-11-4/h22,24H,8-21H2,1-7H3. The highest BCUT2D eigenvalue weighted by molar-refractivity contribution is 6.61. The van der Waals surface area contributed by atoms with E-state index in [2.05, 4.69) is 12.2 Å². The van der Waals surface area contributed by atoms with Crippen LogP contribution in [0.5, 0.6) is 0 Å². The molecule has 0 aliphatic heterocycles. The number of Topliss-reactive ketones (excluding diaryl/α,β-unsaturated/α-hetero) is 1. The molecule has 0 aliphatic carbocycles. The van der Waals surface area contributed by atoms with Gasteiger partial charge in [-0.05, 0) is 67.3 Å². The van der Waals surface area contributed by atoms with Crippen LogP contribution in [0.1, 0.15) is 74.1 Å². The van der Waals surface area contributed by atoms with Crippen LogP contribution >= 0.6 is 0 Å². The van der Waals surface area contributed by atoms with Crippen molar-refractivity contribution in [3.8, 4) is 0 Å². The fraction of sp³-hybridized carbons (Fsp3) is 0.957. The van der Waals surface area contributed by atoms with E-state index in [1.807, 2.05) is 41.5 Å². The molecule has 198 valence electrons. The second-order valence-corrected chi connectivity index (χ2v) is 13.2. The molecule has 1 atom stereocenters. The summed E-state index contributed by atoms with van der Waals surface area (Å²) in [6.45, 7) is 18.8. The lowest BCUT2D eigenvalue weighted by molar-refractivity contribution is -0.122. The molecule has 0 saturated carbocycles. The van der Waals surface area contributed by atoms with Gasteiger partial charge in [0.25, 0.3) is 0 Å². The summed E-state index contributed by atoms with van der Waals surface area (Å²) >= 11 is 0. The third-order valence-corrected chi connectivity index (χ3v) is 11.6. The average molecular weight is 510 g/mol. The molecule has 0 saturated heterocycles. The molecule has 1 unspecified atom stereocenters. The summed E-state index contributed by atoms with van der Waals surface area (Å²) in [5, 5.41) is 3.45. The van der Waals surface area contributed by atoms with Gasteiger partial charge in [0.05, 0.1) is 0 Å². The van der Waals surface area contributed by atoms with E-state index in [0.717, 1.165) is 31.9 Å². The number of hydrogen-bond acceptors (Lipinski definition) is 8. The third-order valence-electron chi connectivity index (χ3n) is 5.27. The lowest BCUT2D eigenvalue weighted by atomic mass is 9.98. The van der Waals surface area contributed by atoms with Gasteiger partial charge in [-0.1, -0.05) is 6.92 Å². The second kappa shape index (κ2) is 20.1. The molecule has 8 nitrogen and oxygen atoms in total. The maximum atomic E-state index is 12.8. The summed E-state index contributed by atoms with van der Waals surface area (Å²) in [6.07, 6.45) is 2.97. The molecule has 0 fully saturated rings. The summed E-state index contributed by atoms with van der Waals surface area (Å²) in [5.74, 6) is 0.305. The second-order valence-electron chi connectivity index (χ2n) is 7.70. The summed E-state index contributed by atoms with van der Waals surface area (Å²) in [5.41, 5.74) is 0. The van der Waals surface area contributed by atoms with Crippen LogP contribution in [0.15, 0.2) is 0 Å². The van der Waals surface area contributed by atoms with Crippen LogP contribution in [0.2, 0.25) is 12.1 Å². The van der Waals surface area contributed by atoms with Gasteiger partial charge in [0.15, 0.2) is 0 Å². The van der Waals surface area contributed by atoms with Crippen LogP contribution < -0.4 is 5.32 Å². The third kappa shape index (κ3) is 13.5. The van der Waals surface area contributed by atoms with Crippen LogP contribution in [0.25, 0.3) is 0 Å². The van der Waals surface area contributed by atoms with Crippen LogP contribution in [-0.2, 0) is 31.4 Å². The smallest absolute Gasteiger partial charge is 0.374 e. The molecule has 0 aromatic rings. The van der Waals surface area contributed by atoms with Crippen molar-refractivity contribution in [2.45, 2.75) is 86.2 Å². The molecular weight excluding hydrogens is 458 g/mol. The van der Waals surface area contributed by atoms with Crippen molar-refractivity contribution < 1.29 is 31.4 Å². The fourth-order valence-corrected chi connectivity index (χ4v) is 9.10. The molecule has 0 rings (SSSR count). The zero-order chi connectivity index (χ0) is 25.0. The number of carbonyl (C=O) groups is 1. The van der Waals surface area contributed by atoms with E-state index in [1.165, 1.54) is 0 Å². The summed E-state index contributed by atoms with van der Waals surface area (Å²) < 4.78 is 35.4. The molecule has 0 aromatic carbocycles. The van der Waals surface area contributed by atoms with Gasteiger partial charge < -0.3 is 31.9 Å². The van der Waals surface area contributed by atoms with E-state index in [1.54, 1.807) is 0 Å². The summed E-state index contributed by atoms with van der Waals surface area (Å²) in [6, 6.07) is 1.45. The zero-order valence-electron chi connectivity index (χ0n) is 22.3. The molecular formula is C23H51NO7Si2. The molecule has 0 bridgehead atoms. The molecule has 0 spiro atoms. The molecule has 0 heterocycles. The Kier molecular flexibility index (Phi) is 20.0. The van der Waals surface area contributed by atoms with Gasteiger partial charge in [-0.2, -0.15) is 0 Å². The molecule has 0 radical (unpaired) electrons. The quantitative estimate of drug-likeness (QED) is 0.151. The minimum Gasteiger partial charge on any atom is -0.374 e. The maximum absolute atomic E-state index is 12.8. The summed E-state index contributed by atoms with van der Waals surface area (Å²) in [7, 11) is -5.28. The minimum absolute atomic E-state index is 0.0139. The highest BCUT2D eigenvalue weighted by Crippen LogP contribution is 2.21. The predicted molar refractivity (Wildman–Crippen MR) is 136 cm³/mol. The monoisotopic (exact) mass is 509 g/mol. The Balaban J connectivity index is 4.53. The Labute approximate surface area is 205 Å². The van der Waals surface area contributed by atoms with Gasteiger partial charge in [-0.3, -0.25) is 4.79 Å². The first-order valence-corrected chi connectivity index (χ1v) is 16.8. The molecule has 10 heteroatoms. The van der Waals surface area contributed by atoms with Crippen molar-refractivity contribution in [1.29, 1.82) is 0 Å². The summed E-state index contributed by atoms with van der Waals surface area (Å²) in [4.78, 5) is 12.8. The lowest BCUT2D eigenvalue weighted by Crippen LogP contribution is -2.46. The van der Waals surface area contributed by atoms with E-state index in [9.17, 15) is 4.79 Å². The number of ketones is 1. The SMILES string of the molecule is CCO[Si](CCCNCC(CC)C(=O)CCC[Si](OCC)(OCC)OCC)(OCC)OCC. The topological polar surface area (TPSA) is 84.5 Å². The Hall–Kier alpha value is -0.176. The molecule has 1 N–H and O–H groups in total. The van der Waals surface area contributed by atoms with E-state index in [4.69, 9.17) is 26.6 Å². The van der Waals surface area contributed by atoms with Crippen LogP contribution in [-0.4, -0.2) is 76.1 Å². The first-order chi connectivity index (χ1) is 15.9. The van der Waals surface area contributed by atoms with Gasteiger partial charge in [0, 0.05) is 70.6 Å². The van der Waals surface area contributed by atoms with Gasteiger partial charge in [-0.15, -0.1) is 0 Å². The largest absolute Gasteiger partial charge is 0.500 e. The lowest BCUT2D eigenvalue weighted by Gasteiger charge is -2.28. The Morgan fingerprint density at radius 2 is 1.06 bits per heavy atom. The maximum Gasteiger partial charge on any atom is 0.500 e.